The Balaban J connectivity index is 2.04. The number of furan rings is 1. The number of benzene rings is 1. The molecule has 3 N–H and O–H groups in total. The van der Waals surface area contributed by atoms with E-state index in [4.69, 9.17) is 9.52 Å². The van der Waals surface area contributed by atoms with E-state index in [2.05, 4.69) is 5.32 Å². The molecule has 2 aromatic rings. The predicted octanol–water partition coefficient (Wildman–Crippen LogP) is 2.09. The number of aliphatic hydroxyl groups is 1. The zero-order chi connectivity index (χ0) is 11.4. The smallest absolute Gasteiger partial charge is 0.122 e. The monoisotopic (exact) mass is 219 g/mol. The first kappa shape index (κ1) is 10.6. The number of aliphatic hydroxyl groups excluding tert-OH is 1. The summed E-state index contributed by atoms with van der Waals surface area (Å²) in [6.45, 7) is 0.394. The fraction of sp³-hybridized carbons (Fsp3) is 0.167. The van der Waals surface area contributed by atoms with Crippen LogP contribution in [-0.4, -0.2) is 10.2 Å². The molecule has 0 unspecified atom stereocenters. The molecule has 0 aliphatic carbocycles. The Kier molecular flexibility index (Phi) is 3.12. The molecule has 0 saturated carbocycles. The van der Waals surface area contributed by atoms with Gasteiger partial charge in [-0.25, -0.2) is 0 Å². The second kappa shape index (κ2) is 4.72. The molecule has 1 heterocycles. The molecule has 16 heavy (non-hydrogen) atoms. The van der Waals surface area contributed by atoms with Crippen LogP contribution in [0.25, 0.3) is 0 Å². The lowest BCUT2D eigenvalue weighted by Crippen LogP contribution is -1.98. The highest BCUT2D eigenvalue weighted by Gasteiger charge is 2.02. The molecule has 0 bridgehead atoms. The fourth-order valence-corrected chi connectivity index (χ4v) is 1.42. The van der Waals surface area contributed by atoms with Crippen LogP contribution < -0.4 is 5.32 Å². The van der Waals surface area contributed by atoms with Crippen LogP contribution in [0.1, 0.15) is 11.3 Å². The Bertz CT molecular complexity index is 451. The van der Waals surface area contributed by atoms with Crippen molar-refractivity contribution in [2.24, 2.45) is 0 Å². The zero-order valence-electron chi connectivity index (χ0n) is 8.68. The van der Waals surface area contributed by atoms with E-state index in [1.807, 2.05) is 12.1 Å². The van der Waals surface area contributed by atoms with Gasteiger partial charge in [0.15, 0.2) is 0 Å². The van der Waals surface area contributed by atoms with Gasteiger partial charge in [-0.15, -0.1) is 0 Å². The van der Waals surface area contributed by atoms with Gasteiger partial charge in [0, 0.05) is 11.3 Å². The third-order valence-corrected chi connectivity index (χ3v) is 2.30. The van der Waals surface area contributed by atoms with E-state index < -0.39 is 0 Å². The molecule has 0 spiro atoms. The van der Waals surface area contributed by atoms with Crippen LogP contribution in [0.4, 0.5) is 5.69 Å². The minimum atomic E-state index is -0.178. The Morgan fingerprint density at radius 2 is 2.12 bits per heavy atom. The van der Waals surface area contributed by atoms with Gasteiger partial charge in [-0.3, -0.25) is 0 Å². The number of rotatable bonds is 4. The van der Waals surface area contributed by atoms with Gasteiger partial charge in [0.05, 0.1) is 19.4 Å². The molecule has 4 heteroatoms. The lowest BCUT2D eigenvalue weighted by atomic mass is 10.2. The van der Waals surface area contributed by atoms with Crippen molar-refractivity contribution in [1.29, 1.82) is 0 Å². The van der Waals surface area contributed by atoms with Crippen molar-refractivity contribution < 1.29 is 14.6 Å². The van der Waals surface area contributed by atoms with Crippen LogP contribution in [0.3, 0.4) is 0 Å². The average Bonchev–Trinajstić information content (AvgIpc) is 2.81. The standard InChI is InChI=1S/C12H13NO3/c14-8-9-6-10(3-4-12(9)15)13-7-11-2-1-5-16-11/h1-6,13-15H,7-8H2. The molecule has 0 amide bonds. The summed E-state index contributed by atoms with van der Waals surface area (Å²) in [6, 6.07) is 8.71. The SMILES string of the molecule is OCc1cc(NCc2ccco2)ccc1O. The van der Waals surface area contributed by atoms with Crippen molar-refractivity contribution >= 4 is 5.69 Å². The maximum atomic E-state index is 9.38. The molecule has 2 rings (SSSR count). The van der Waals surface area contributed by atoms with Crippen LogP contribution in [0, 0.1) is 0 Å². The summed E-state index contributed by atoms with van der Waals surface area (Å²) in [5, 5.41) is 21.5. The van der Waals surface area contributed by atoms with E-state index in [0.29, 0.717) is 12.1 Å². The summed E-state index contributed by atoms with van der Waals surface area (Å²) >= 11 is 0. The highest BCUT2D eigenvalue weighted by Crippen LogP contribution is 2.21. The van der Waals surface area contributed by atoms with Crippen LogP contribution in [0.5, 0.6) is 5.75 Å². The molecule has 0 fully saturated rings. The Morgan fingerprint density at radius 3 is 2.81 bits per heavy atom. The second-order valence-corrected chi connectivity index (χ2v) is 3.43. The molecular formula is C12H13NO3. The van der Waals surface area contributed by atoms with Gasteiger partial charge in [-0.05, 0) is 30.3 Å². The summed E-state index contributed by atoms with van der Waals surface area (Å²) in [6.07, 6.45) is 1.62. The Hall–Kier alpha value is -1.94. The molecule has 0 saturated heterocycles. The molecule has 4 nitrogen and oxygen atoms in total. The minimum Gasteiger partial charge on any atom is -0.508 e. The van der Waals surface area contributed by atoms with Crippen molar-refractivity contribution in [1.82, 2.24) is 0 Å². The van der Waals surface area contributed by atoms with Gasteiger partial charge in [-0.1, -0.05) is 0 Å². The van der Waals surface area contributed by atoms with Crippen LogP contribution in [0.2, 0.25) is 0 Å². The largest absolute Gasteiger partial charge is 0.508 e. The van der Waals surface area contributed by atoms with E-state index in [1.165, 1.54) is 0 Å². The molecule has 84 valence electrons. The first-order chi connectivity index (χ1) is 7.79. The van der Waals surface area contributed by atoms with E-state index in [9.17, 15) is 5.11 Å². The van der Waals surface area contributed by atoms with Crippen LogP contribution in [-0.2, 0) is 13.2 Å². The van der Waals surface area contributed by atoms with Gasteiger partial charge < -0.3 is 19.9 Å². The highest BCUT2D eigenvalue weighted by molar-refractivity contribution is 5.50. The summed E-state index contributed by atoms with van der Waals surface area (Å²) in [5.74, 6) is 0.935. The van der Waals surface area contributed by atoms with Gasteiger partial charge in [0.2, 0.25) is 0 Å². The maximum absolute atomic E-state index is 9.38. The highest BCUT2D eigenvalue weighted by atomic mass is 16.3. The molecule has 0 atom stereocenters. The number of nitrogens with one attached hydrogen (secondary N) is 1. The van der Waals surface area contributed by atoms with Crippen LogP contribution >= 0.6 is 0 Å². The number of phenols is 1. The summed E-state index contributed by atoms with van der Waals surface area (Å²) in [5.41, 5.74) is 1.34. The predicted molar refractivity (Wildman–Crippen MR) is 60.1 cm³/mol. The van der Waals surface area contributed by atoms with Crippen molar-refractivity contribution in [3.8, 4) is 5.75 Å². The quantitative estimate of drug-likeness (QED) is 0.689. The number of aromatic hydroxyl groups is 1. The normalized spacial score (nSPS) is 10.3. The summed E-state index contributed by atoms with van der Waals surface area (Å²) in [4.78, 5) is 0. The van der Waals surface area contributed by atoms with E-state index in [-0.39, 0.29) is 12.4 Å². The number of anilines is 1. The lowest BCUT2D eigenvalue weighted by Gasteiger charge is -2.07. The first-order valence-electron chi connectivity index (χ1n) is 4.98. The Labute approximate surface area is 93.2 Å². The van der Waals surface area contributed by atoms with Crippen molar-refractivity contribution in [2.45, 2.75) is 13.2 Å². The maximum Gasteiger partial charge on any atom is 0.122 e. The average molecular weight is 219 g/mol. The van der Waals surface area contributed by atoms with Gasteiger partial charge in [0.25, 0.3) is 0 Å². The van der Waals surface area contributed by atoms with Crippen LogP contribution in [0.15, 0.2) is 41.0 Å². The third-order valence-electron chi connectivity index (χ3n) is 2.30. The fourth-order valence-electron chi connectivity index (χ4n) is 1.42. The number of hydrogen-bond acceptors (Lipinski definition) is 4. The molecule has 1 aromatic carbocycles. The third kappa shape index (κ3) is 2.35. The molecule has 0 aliphatic heterocycles. The van der Waals surface area contributed by atoms with E-state index in [0.717, 1.165) is 11.4 Å². The van der Waals surface area contributed by atoms with Crippen molar-refractivity contribution in [2.75, 3.05) is 5.32 Å². The van der Waals surface area contributed by atoms with Gasteiger partial charge in [-0.2, -0.15) is 0 Å². The molecule has 0 radical (unpaired) electrons. The first-order valence-corrected chi connectivity index (χ1v) is 4.98. The summed E-state index contributed by atoms with van der Waals surface area (Å²) < 4.78 is 5.17. The van der Waals surface area contributed by atoms with E-state index in [1.54, 1.807) is 24.5 Å². The topological polar surface area (TPSA) is 65.6 Å². The summed E-state index contributed by atoms with van der Waals surface area (Å²) in [7, 11) is 0. The minimum absolute atomic E-state index is 0.103. The van der Waals surface area contributed by atoms with Gasteiger partial charge >= 0.3 is 0 Å². The second-order valence-electron chi connectivity index (χ2n) is 3.43. The Morgan fingerprint density at radius 1 is 1.25 bits per heavy atom. The zero-order valence-corrected chi connectivity index (χ0v) is 8.68. The van der Waals surface area contributed by atoms with Gasteiger partial charge in [0.1, 0.15) is 11.5 Å². The van der Waals surface area contributed by atoms with E-state index >= 15 is 0 Å². The molecule has 1 aromatic heterocycles. The molecular weight excluding hydrogens is 206 g/mol. The van der Waals surface area contributed by atoms with Crippen molar-refractivity contribution in [3.63, 3.8) is 0 Å². The molecule has 0 aliphatic rings. The van der Waals surface area contributed by atoms with Crippen molar-refractivity contribution in [3.05, 3.63) is 47.9 Å². The number of hydrogen-bond donors (Lipinski definition) is 3. The lowest BCUT2D eigenvalue weighted by molar-refractivity contribution is 0.275.